The first-order valence-corrected chi connectivity index (χ1v) is 13.5. The molecule has 2 unspecified atom stereocenters. The van der Waals surface area contributed by atoms with Crippen LogP contribution in [0.15, 0.2) is 16.4 Å². The Balaban J connectivity index is 1.72. The van der Waals surface area contributed by atoms with Gasteiger partial charge in [-0.25, -0.2) is 9.48 Å². The van der Waals surface area contributed by atoms with E-state index in [9.17, 15) is 14.4 Å². The standard InChI is InChI=1S/C21H33N7O5S2/c1-6-12(2)9-15(29)32-13(3)33-20(31)17-14(10-34-19-16(22)18(30)28(17)19)11-35-21-23-24-25-27(21)8-7-26(4)5/h12-13,16,19H,6-11,22H2,1-5H3/t12?,13?,16-,19-/m1/s1. The minimum absolute atomic E-state index is 0.157. The molecule has 1 saturated heterocycles. The Bertz CT molecular complexity index is 970. The lowest BCUT2D eigenvalue weighted by Crippen LogP contribution is -2.68. The highest BCUT2D eigenvalue weighted by Crippen LogP contribution is 2.41. The molecule has 2 aliphatic rings. The Labute approximate surface area is 213 Å². The van der Waals surface area contributed by atoms with Crippen LogP contribution >= 0.6 is 23.5 Å². The lowest BCUT2D eigenvalue weighted by atomic mass is 10.0. The number of β-lactam (4-membered cyclic amide) rings is 1. The number of tetrazole rings is 1. The van der Waals surface area contributed by atoms with Crippen LogP contribution in [-0.4, -0.2) is 97.7 Å². The number of hydrogen-bond acceptors (Lipinski definition) is 12. The molecule has 35 heavy (non-hydrogen) atoms. The van der Waals surface area contributed by atoms with Gasteiger partial charge in [-0.15, -0.1) is 16.9 Å². The Morgan fingerprint density at radius 3 is 2.74 bits per heavy atom. The van der Waals surface area contributed by atoms with Gasteiger partial charge in [-0.3, -0.25) is 14.5 Å². The van der Waals surface area contributed by atoms with E-state index in [0.717, 1.165) is 13.0 Å². The van der Waals surface area contributed by atoms with Gasteiger partial charge in [0, 0.05) is 31.4 Å². The summed E-state index contributed by atoms with van der Waals surface area (Å²) >= 11 is 2.88. The zero-order chi connectivity index (χ0) is 25.7. The lowest BCUT2D eigenvalue weighted by molar-refractivity contribution is -0.184. The molecule has 1 amide bonds. The fourth-order valence-electron chi connectivity index (χ4n) is 3.46. The average Bonchev–Trinajstić information content (AvgIpc) is 3.27. The molecule has 1 fully saturated rings. The summed E-state index contributed by atoms with van der Waals surface area (Å²) in [7, 11) is 3.93. The third-order valence-corrected chi connectivity index (χ3v) is 8.10. The van der Waals surface area contributed by atoms with Gasteiger partial charge in [0.2, 0.25) is 17.4 Å². The summed E-state index contributed by atoms with van der Waals surface area (Å²) in [6.07, 6.45) is -0.00718. The van der Waals surface area contributed by atoms with Crippen LogP contribution in [0.2, 0.25) is 0 Å². The number of ether oxygens (including phenoxy) is 2. The van der Waals surface area contributed by atoms with Crippen molar-refractivity contribution >= 4 is 41.4 Å². The maximum Gasteiger partial charge on any atom is 0.358 e. The lowest BCUT2D eigenvalue weighted by Gasteiger charge is -2.48. The van der Waals surface area contributed by atoms with Crippen LogP contribution in [0.3, 0.4) is 0 Å². The Hall–Kier alpha value is -2.16. The Morgan fingerprint density at radius 2 is 2.06 bits per heavy atom. The summed E-state index contributed by atoms with van der Waals surface area (Å²) in [5, 5.41) is 12.1. The van der Waals surface area contributed by atoms with Crippen LogP contribution in [0.25, 0.3) is 0 Å². The van der Waals surface area contributed by atoms with Gasteiger partial charge in [0.1, 0.15) is 17.1 Å². The quantitative estimate of drug-likeness (QED) is 0.177. The van der Waals surface area contributed by atoms with Crippen molar-refractivity contribution in [3.63, 3.8) is 0 Å². The molecule has 0 bridgehead atoms. The van der Waals surface area contributed by atoms with Crippen molar-refractivity contribution in [2.75, 3.05) is 32.1 Å². The molecule has 14 heteroatoms. The van der Waals surface area contributed by atoms with Crippen LogP contribution in [0.1, 0.15) is 33.6 Å². The Kier molecular flexibility index (Phi) is 9.55. The first-order valence-electron chi connectivity index (χ1n) is 11.5. The predicted molar refractivity (Wildman–Crippen MR) is 131 cm³/mol. The molecule has 194 valence electrons. The number of fused-ring (bicyclic) bond motifs is 1. The topological polar surface area (TPSA) is 146 Å². The molecule has 2 N–H and O–H groups in total. The molecule has 3 heterocycles. The number of nitrogens with two attached hydrogens (primary N) is 1. The van der Waals surface area contributed by atoms with E-state index in [4.69, 9.17) is 15.2 Å². The minimum atomic E-state index is -1.09. The highest BCUT2D eigenvalue weighted by atomic mass is 32.2. The van der Waals surface area contributed by atoms with Crippen molar-refractivity contribution < 1.29 is 23.9 Å². The normalized spacial score (nSPS) is 21.5. The molecule has 1 aromatic heterocycles. The van der Waals surface area contributed by atoms with Crippen LogP contribution < -0.4 is 5.73 Å². The molecule has 0 saturated carbocycles. The van der Waals surface area contributed by atoms with Gasteiger partial charge >= 0.3 is 11.9 Å². The van der Waals surface area contributed by atoms with Gasteiger partial charge in [0.25, 0.3) is 0 Å². The zero-order valence-corrected chi connectivity index (χ0v) is 22.3. The molecular weight excluding hydrogens is 494 g/mol. The van der Waals surface area contributed by atoms with Crippen molar-refractivity contribution in [1.82, 2.24) is 30.0 Å². The average molecular weight is 528 g/mol. The number of nitrogens with zero attached hydrogens (tertiary/aromatic N) is 6. The first kappa shape index (κ1) is 27.4. The van der Waals surface area contributed by atoms with E-state index in [-0.39, 0.29) is 29.3 Å². The maximum absolute atomic E-state index is 13.2. The van der Waals surface area contributed by atoms with E-state index in [2.05, 4.69) is 15.5 Å². The second-order valence-electron chi connectivity index (χ2n) is 8.84. The summed E-state index contributed by atoms with van der Waals surface area (Å²) in [4.78, 5) is 41.2. The van der Waals surface area contributed by atoms with Crippen LogP contribution in [0, 0.1) is 5.92 Å². The van der Waals surface area contributed by atoms with E-state index in [1.54, 1.807) is 4.68 Å². The van der Waals surface area contributed by atoms with Crippen LogP contribution in [0.4, 0.5) is 0 Å². The van der Waals surface area contributed by atoms with Gasteiger partial charge in [0.15, 0.2) is 0 Å². The largest absolute Gasteiger partial charge is 0.425 e. The Morgan fingerprint density at radius 1 is 1.31 bits per heavy atom. The van der Waals surface area contributed by atoms with Gasteiger partial charge < -0.3 is 20.1 Å². The van der Waals surface area contributed by atoms with Crippen LogP contribution in [-0.2, 0) is 30.4 Å². The fraction of sp³-hybridized carbons (Fsp3) is 0.714. The number of hydrogen-bond donors (Lipinski definition) is 1. The van der Waals surface area contributed by atoms with Crippen molar-refractivity contribution in [1.29, 1.82) is 0 Å². The summed E-state index contributed by atoms with van der Waals surface area (Å²) in [6, 6.07) is -0.666. The second-order valence-corrected chi connectivity index (χ2v) is 10.9. The molecule has 2 aliphatic heterocycles. The molecule has 1 aromatic rings. The van der Waals surface area contributed by atoms with Crippen molar-refractivity contribution in [3.8, 4) is 0 Å². The van der Waals surface area contributed by atoms with Crippen LogP contribution in [0.5, 0.6) is 0 Å². The molecule has 0 aliphatic carbocycles. The SMILES string of the molecule is CCC(C)CC(=O)OC(C)OC(=O)C1=C(CSc2nnnn2CCN(C)C)CS[C@@H]2[C@H](N)C(=O)N12. The summed E-state index contributed by atoms with van der Waals surface area (Å²) in [6.45, 7) is 6.80. The number of aromatic nitrogens is 4. The third-order valence-electron chi connectivity index (χ3n) is 5.70. The molecule has 4 atom stereocenters. The number of likely N-dealkylation sites (N-methyl/N-ethyl adjacent to an activating group) is 1. The van der Waals surface area contributed by atoms with E-state index in [1.165, 1.54) is 35.3 Å². The number of amides is 1. The number of esters is 2. The monoisotopic (exact) mass is 527 g/mol. The zero-order valence-electron chi connectivity index (χ0n) is 20.7. The maximum atomic E-state index is 13.2. The highest BCUT2D eigenvalue weighted by molar-refractivity contribution is 8.01. The molecule has 3 rings (SSSR count). The highest BCUT2D eigenvalue weighted by Gasteiger charge is 2.52. The second kappa shape index (κ2) is 12.2. The van der Waals surface area contributed by atoms with E-state index in [0.29, 0.717) is 28.8 Å². The van der Waals surface area contributed by atoms with Gasteiger partial charge in [-0.1, -0.05) is 32.0 Å². The summed E-state index contributed by atoms with van der Waals surface area (Å²) in [5.41, 5.74) is 6.81. The first-order chi connectivity index (χ1) is 16.6. The van der Waals surface area contributed by atoms with Crippen molar-refractivity contribution in [3.05, 3.63) is 11.3 Å². The van der Waals surface area contributed by atoms with Gasteiger partial charge in [0.05, 0.1) is 6.54 Å². The minimum Gasteiger partial charge on any atom is -0.425 e. The molecular formula is C21H33N7O5S2. The van der Waals surface area contributed by atoms with E-state index >= 15 is 0 Å². The molecule has 12 nitrogen and oxygen atoms in total. The van der Waals surface area contributed by atoms with E-state index < -0.39 is 24.3 Å². The van der Waals surface area contributed by atoms with Crippen molar-refractivity contribution in [2.45, 2.75) is 63.0 Å². The number of thioether (sulfide) groups is 2. The third kappa shape index (κ3) is 6.74. The molecule has 0 aromatic carbocycles. The smallest absolute Gasteiger partial charge is 0.358 e. The predicted octanol–water partition coefficient (Wildman–Crippen LogP) is 0.692. The van der Waals surface area contributed by atoms with Gasteiger partial charge in [-0.05, 0) is 36.0 Å². The number of carbonyl (C=O) groups is 3. The molecule has 0 spiro atoms. The summed E-state index contributed by atoms with van der Waals surface area (Å²) in [5.74, 6) is -0.444. The van der Waals surface area contributed by atoms with E-state index in [1.807, 2.05) is 32.8 Å². The van der Waals surface area contributed by atoms with Gasteiger partial charge in [-0.2, -0.15) is 0 Å². The number of carbonyl (C=O) groups excluding carboxylic acids is 3. The number of rotatable bonds is 12. The van der Waals surface area contributed by atoms with Crippen molar-refractivity contribution in [2.24, 2.45) is 11.7 Å². The fourth-order valence-corrected chi connectivity index (χ4v) is 5.79. The summed E-state index contributed by atoms with van der Waals surface area (Å²) < 4.78 is 12.4. The molecule has 0 radical (unpaired) electrons.